The molecule has 2 heterocycles. The summed E-state index contributed by atoms with van der Waals surface area (Å²) in [5.74, 6) is -1.25. The molecular formula is C41H44N6O8S2. The number of amides is 2. The number of rotatable bonds is 12. The Hall–Kier alpha value is -6.00. The van der Waals surface area contributed by atoms with Crippen LogP contribution in [0.4, 0.5) is 11.4 Å². The van der Waals surface area contributed by atoms with Crippen molar-refractivity contribution in [1.82, 2.24) is 19.1 Å². The van der Waals surface area contributed by atoms with Gasteiger partial charge < -0.3 is 20.8 Å². The number of benzene rings is 3. The van der Waals surface area contributed by atoms with E-state index in [1.165, 1.54) is 18.4 Å². The minimum atomic E-state index is -0.437. The van der Waals surface area contributed by atoms with E-state index in [2.05, 4.69) is 20.6 Å². The number of hydrogen-bond acceptors (Lipinski definition) is 12. The quantitative estimate of drug-likeness (QED) is 0.0578. The predicted molar refractivity (Wildman–Crippen MR) is 222 cm³/mol. The van der Waals surface area contributed by atoms with Crippen molar-refractivity contribution in [3.05, 3.63) is 123 Å². The molecule has 57 heavy (non-hydrogen) atoms. The highest BCUT2D eigenvalue weighted by Crippen LogP contribution is 2.32. The van der Waals surface area contributed by atoms with Gasteiger partial charge in [0.15, 0.2) is 21.9 Å². The number of nitrogens with zero attached hydrogens (tertiary/aromatic N) is 4. The van der Waals surface area contributed by atoms with Crippen LogP contribution in [0.1, 0.15) is 80.1 Å². The molecule has 2 amide bonds. The third-order valence-electron chi connectivity index (χ3n) is 8.20. The number of nitrogens with one attached hydrogen (secondary N) is 2. The summed E-state index contributed by atoms with van der Waals surface area (Å²) in [5, 5.41) is 25.3. The molecule has 1 saturated carbocycles. The van der Waals surface area contributed by atoms with Crippen LogP contribution in [0.25, 0.3) is 5.69 Å². The minimum absolute atomic E-state index is 0.0300. The van der Waals surface area contributed by atoms with Crippen LogP contribution in [0.3, 0.4) is 0 Å². The minimum Gasteiger partial charge on any atom is -0.493 e. The van der Waals surface area contributed by atoms with E-state index in [0.717, 1.165) is 61.3 Å². The van der Waals surface area contributed by atoms with E-state index in [4.69, 9.17) is 0 Å². The first kappa shape index (κ1) is 43.7. The van der Waals surface area contributed by atoms with E-state index < -0.39 is 11.4 Å². The molecule has 6 rings (SSSR count). The maximum Gasteiger partial charge on any atom is 0.262 e. The van der Waals surface area contributed by atoms with Crippen molar-refractivity contribution < 1.29 is 29.4 Å². The number of hydrogen-bond donors (Lipinski definition) is 4. The molecule has 0 radical (unpaired) electrons. The van der Waals surface area contributed by atoms with Gasteiger partial charge in [-0.15, -0.1) is 0 Å². The van der Waals surface area contributed by atoms with Crippen molar-refractivity contribution >= 4 is 58.3 Å². The Morgan fingerprint density at radius 3 is 1.58 bits per heavy atom. The summed E-state index contributed by atoms with van der Waals surface area (Å²) in [6.07, 6.45) is 3.92. The molecule has 5 aromatic rings. The topological polar surface area (TPSA) is 203 Å². The maximum absolute atomic E-state index is 12.5. The van der Waals surface area contributed by atoms with Crippen LogP contribution in [0.5, 0.6) is 11.8 Å². The van der Waals surface area contributed by atoms with Crippen LogP contribution in [0, 0.1) is 0 Å². The van der Waals surface area contributed by atoms with Gasteiger partial charge in [-0.1, -0.05) is 68.4 Å². The van der Waals surface area contributed by atoms with Crippen molar-refractivity contribution in [2.24, 2.45) is 0 Å². The third-order valence-corrected chi connectivity index (χ3v) is 10.1. The smallest absolute Gasteiger partial charge is 0.262 e. The summed E-state index contributed by atoms with van der Waals surface area (Å²) in [6, 6.07) is 24.2. The van der Waals surface area contributed by atoms with Gasteiger partial charge in [-0.05, 0) is 73.5 Å². The molecule has 4 N–H and O–H groups in total. The van der Waals surface area contributed by atoms with Gasteiger partial charge >= 0.3 is 0 Å². The first-order valence-corrected chi connectivity index (χ1v) is 20.1. The Labute approximate surface area is 337 Å². The number of para-hydroxylation sites is 1. The number of aromatic nitrogens is 4. The van der Waals surface area contributed by atoms with Gasteiger partial charge in [-0.3, -0.25) is 37.9 Å². The standard InChI is InChI=1S/C20H17N3O4S.C19H21N3O4S.C2H6/c1-13(24)21-15-9-7-14(8-10-15)17(25)12-28-20-22-18(26)11-19(27)23(20)16-5-3-2-4-6-16;1-12(23)20-14-8-6-13(7-9-14)16(24)11-27-19-21-17(25)10-18(26)22(19)15-4-2-3-5-15;1-2/h2-11,26H,12H2,1H3,(H,21,24);6-10,15,25H,2-5,11H2,1H3,(H,20,23);1-2H3. The molecule has 2 aromatic heterocycles. The average Bonchev–Trinajstić information content (AvgIpc) is 3.72. The molecule has 0 unspecified atom stereocenters. The van der Waals surface area contributed by atoms with Gasteiger partial charge in [0.2, 0.25) is 23.6 Å². The fraction of sp³-hybridized carbons (Fsp3) is 0.268. The highest BCUT2D eigenvalue weighted by molar-refractivity contribution is 8.00. The summed E-state index contributed by atoms with van der Waals surface area (Å²) in [7, 11) is 0. The number of aromatic hydroxyl groups is 2. The number of thioether (sulfide) groups is 2. The SMILES string of the molecule is CC.CC(=O)Nc1ccc(C(=O)CSc2nc(O)cc(=O)n2-c2ccccc2)cc1.CC(=O)Nc1ccc(C(=O)CSc2nc(O)cc(=O)n2C2CCCC2)cc1. The second-order valence-electron chi connectivity index (χ2n) is 12.4. The number of Topliss-reactive ketones (excluding diaryl/α,β-unsaturated/α-hetero) is 2. The van der Waals surface area contributed by atoms with Gasteiger partial charge in [0, 0.05) is 42.4 Å². The number of anilines is 2. The molecular weight excluding hydrogens is 769 g/mol. The van der Waals surface area contributed by atoms with Gasteiger partial charge in [0.1, 0.15) is 0 Å². The summed E-state index contributed by atoms with van der Waals surface area (Å²) in [4.78, 5) is 79.8. The van der Waals surface area contributed by atoms with Crippen LogP contribution >= 0.6 is 23.5 Å². The molecule has 16 heteroatoms. The number of carbonyl (C=O) groups is 4. The van der Waals surface area contributed by atoms with E-state index in [0.29, 0.717) is 33.3 Å². The zero-order valence-corrected chi connectivity index (χ0v) is 33.6. The van der Waals surface area contributed by atoms with Crippen LogP contribution in [0.15, 0.2) is 111 Å². The van der Waals surface area contributed by atoms with Crippen LogP contribution in [-0.2, 0) is 9.59 Å². The highest BCUT2D eigenvalue weighted by Gasteiger charge is 2.23. The van der Waals surface area contributed by atoms with Crippen molar-refractivity contribution in [1.29, 1.82) is 0 Å². The van der Waals surface area contributed by atoms with Crippen molar-refractivity contribution in [3.8, 4) is 17.4 Å². The predicted octanol–water partition coefficient (Wildman–Crippen LogP) is 6.90. The Morgan fingerprint density at radius 1 is 0.667 bits per heavy atom. The molecule has 0 saturated heterocycles. The van der Waals surface area contributed by atoms with Crippen LogP contribution < -0.4 is 21.8 Å². The molecule has 0 bridgehead atoms. The van der Waals surface area contributed by atoms with Gasteiger partial charge in [0.25, 0.3) is 11.1 Å². The Balaban J connectivity index is 0.000000242. The molecule has 0 aliphatic heterocycles. The normalized spacial score (nSPS) is 12.0. The zero-order chi connectivity index (χ0) is 41.5. The number of ketones is 2. The summed E-state index contributed by atoms with van der Waals surface area (Å²) < 4.78 is 2.95. The van der Waals surface area contributed by atoms with Gasteiger partial charge in [0.05, 0.1) is 29.3 Å². The first-order chi connectivity index (χ1) is 27.4. The Morgan fingerprint density at radius 2 is 1.11 bits per heavy atom. The lowest BCUT2D eigenvalue weighted by atomic mass is 10.1. The first-order valence-electron chi connectivity index (χ1n) is 18.2. The third kappa shape index (κ3) is 12.8. The van der Waals surface area contributed by atoms with Crippen molar-refractivity contribution in [3.63, 3.8) is 0 Å². The molecule has 0 spiro atoms. The van der Waals surface area contributed by atoms with E-state index >= 15 is 0 Å². The average molecular weight is 813 g/mol. The zero-order valence-electron chi connectivity index (χ0n) is 31.9. The summed E-state index contributed by atoms with van der Waals surface area (Å²) in [6.45, 7) is 6.83. The molecule has 14 nitrogen and oxygen atoms in total. The fourth-order valence-electron chi connectivity index (χ4n) is 5.73. The molecule has 298 valence electrons. The van der Waals surface area contributed by atoms with Crippen LogP contribution in [0.2, 0.25) is 0 Å². The highest BCUT2D eigenvalue weighted by atomic mass is 32.2. The number of carbonyl (C=O) groups excluding carboxylic acids is 4. The molecule has 0 atom stereocenters. The molecule has 1 aliphatic rings. The lowest BCUT2D eigenvalue weighted by Crippen LogP contribution is -2.25. The fourth-order valence-corrected chi connectivity index (χ4v) is 7.60. The molecule has 3 aromatic carbocycles. The molecule has 1 fully saturated rings. The Kier molecular flexibility index (Phi) is 16.4. The Bertz CT molecular complexity index is 2290. The van der Waals surface area contributed by atoms with Gasteiger partial charge in [-0.2, -0.15) is 9.97 Å². The second-order valence-corrected chi connectivity index (χ2v) is 14.3. The lowest BCUT2D eigenvalue weighted by Gasteiger charge is -2.17. The van der Waals surface area contributed by atoms with E-state index in [-0.39, 0.29) is 57.5 Å². The second kappa shape index (κ2) is 21.3. The molecule has 1 aliphatic carbocycles. The summed E-state index contributed by atoms with van der Waals surface area (Å²) >= 11 is 2.21. The maximum atomic E-state index is 12.5. The summed E-state index contributed by atoms with van der Waals surface area (Å²) in [5.41, 5.74) is 2.06. The van der Waals surface area contributed by atoms with E-state index in [1.807, 2.05) is 19.9 Å². The van der Waals surface area contributed by atoms with Crippen LogP contribution in [-0.4, -0.2) is 64.2 Å². The van der Waals surface area contributed by atoms with Crippen molar-refractivity contribution in [2.75, 3.05) is 22.1 Å². The van der Waals surface area contributed by atoms with Gasteiger partial charge in [-0.25, -0.2) is 0 Å². The van der Waals surface area contributed by atoms with E-state index in [1.54, 1.807) is 77.4 Å². The largest absolute Gasteiger partial charge is 0.493 e. The lowest BCUT2D eigenvalue weighted by molar-refractivity contribution is -0.115. The van der Waals surface area contributed by atoms with E-state index in [9.17, 15) is 39.0 Å². The monoisotopic (exact) mass is 812 g/mol. The van der Waals surface area contributed by atoms with Crippen molar-refractivity contribution in [2.45, 2.75) is 69.7 Å².